The van der Waals surface area contributed by atoms with Gasteiger partial charge in [0.15, 0.2) is 0 Å². The highest BCUT2D eigenvalue weighted by atomic mass is 19.1. The van der Waals surface area contributed by atoms with E-state index in [1.807, 2.05) is 13.8 Å². The third-order valence-corrected chi connectivity index (χ3v) is 3.23. The van der Waals surface area contributed by atoms with E-state index in [-0.39, 0.29) is 5.56 Å². The third kappa shape index (κ3) is 2.88. The van der Waals surface area contributed by atoms with Gasteiger partial charge in [-0.3, -0.25) is 4.68 Å². The molecule has 108 valence electrons. The first kappa shape index (κ1) is 14.7. The van der Waals surface area contributed by atoms with Gasteiger partial charge in [0, 0.05) is 18.3 Å². The summed E-state index contributed by atoms with van der Waals surface area (Å²) in [6.45, 7) is 5.29. The first-order valence-electron chi connectivity index (χ1n) is 6.88. The molecule has 0 amide bonds. The molecular weight excluding hydrogens is 260 g/mol. The predicted octanol–water partition coefficient (Wildman–Crippen LogP) is 3.27. The lowest BCUT2D eigenvalue weighted by molar-refractivity contribution is 0.476. The Morgan fingerprint density at radius 1 is 1.20 bits per heavy atom. The number of benzene rings is 1. The Balaban J connectivity index is 2.47. The van der Waals surface area contributed by atoms with Crippen LogP contribution >= 0.6 is 0 Å². The molecular formula is C15H19F2N3. The van der Waals surface area contributed by atoms with E-state index >= 15 is 0 Å². The van der Waals surface area contributed by atoms with E-state index in [9.17, 15) is 8.78 Å². The Morgan fingerprint density at radius 3 is 2.50 bits per heavy atom. The minimum atomic E-state index is -0.539. The predicted molar refractivity (Wildman–Crippen MR) is 74.4 cm³/mol. The summed E-state index contributed by atoms with van der Waals surface area (Å²) in [7, 11) is 0. The summed E-state index contributed by atoms with van der Waals surface area (Å²) in [6, 6.07) is 5.21. The van der Waals surface area contributed by atoms with E-state index in [1.165, 1.54) is 18.2 Å². The Labute approximate surface area is 117 Å². The number of nitrogens with zero attached hydrogens (tertiary/aromatic N) is 2. The van der Waals surface area contributed by atoms with Gasteiger partial charge < -0.3 is 5.32 Å². The van der Waals surface area contributed by atoms with Crippen molar-refractivity contribution < 1.29 is 8.78 Å². The van der Waals surface area contributed by atoms with Gasteiger partial charge in [-0.05, 0) is 38.1 Å². The molecule has 1 aromatic carbocycles. The van der Waals surface area contributed by atoms with Gasteiger partial charge in [-0.25, -0.2) is 8.78 Å². The monoisotopic (exact) mass is 279 g/mol. The van der Waals surface area contributed by atoms with E-state index in [4.69, 9.17) is 0 Å². The fourth-order valence-electron chi connectivity index (χ4n) is 2.28. The standard InChI is InChI=1S/C15H19F2N3/c1-3-9-18-15(13-8-10-19-20(13)4-2)14-11(16)6-5-7-12(14)17/h5-8,10,15,18H,3-4,9H2,1-2H3. The maximum absolute atomic E-state index is 14.0. The summed E-state index contributed by atoms with van der Waals surface area (Å²) in [6.07, 6.45) is 2.53. The number of hydrogen-bond acceptors (Lipinski definition) is 2. The maximum Gasteiger partial charge on any atom is 0.131 e. The number of aromatic nitrogens is 2. The first-order chi connectivity index (χ1) is 9.69. The van der Waals surface area contributed by atoms with Crippen molar-refractivity contribution in [3.8, 4) is 0 Å². The molecule has 5 heteroatoms. The molecule has 1 heterocycles. The molecule has 0 spiro atoms. The summed E-state index contributed by atoms with van der Waals surface area (Å²) < 4.78 is 29.8. The molecule has 1 atom stereocenters. The van der Waals surface area contributed by atoms with E-state index in [0.717, 1.165) is 12.1 Å². The van der Waals surface area contributed by atoms with Gasteiger partial charge in [-0.2, -0.15) is 5.10 Å². The van der Waals surface area contributed by atoms with Crippen molar-refractivity contribution in [3.63, 3.8) is 0 Å². The Hall–Kier alpha value is -1.75. The molecule has 0 saturated carbocycles. The van der Waals surface area contributed by atoms with E-state index < -0.39 is 17.7 Å². The molecule has 0 aliphatic rings. The van der Waals surface area contributed by atoms with Crippen molar-refractivity contribution in [2.75, 3.05) is 6.54 Å². The van der Waals surface area contributed by atoms with Gasteiger partial charge >= 0.3 is 0 Å². The molecule has 20 heavy (non-hydrogen) atoms. The summed E-state index contributed by atoms with van der Waals surface area (Å²) >= 11 is 0. The molecule has 0 aliphatic heterocycles. The van der Waals surface area contributed by atoms with Crippen molar-refractivity contribution >= 4 is 0 Å². The maximum atomic E-state index is 14.0. The molecule has 0 bridgehead atoms. The van der Waals surface area contributed by atoms with Gasteiger partial charge in [-0.15, -0.1) is 0 Å². The van der Waals surface area contributed by atoms with E-state index in [2.05, 4.69) is 10.4 Å². The first-order valence-corrected chi connectivity index (χ1v) is 6.88. The smallest absolute Gasteiger partial charge is 0.131 e. The van der Waals surface area contributed by atoms with Gasteiger partial charge in [0.05, 0.1) is 11.7 Å². The number of rotatable bonds is 6. The van der Waals surface area contributed by atoms with Gasteiger partial charge in [-0.1, -0.05) is 13.0 Å². The van der Waals surface area contributed by atoms with Crippen LogP contribution in [0, 0.1) is 11.6 Å². The summed E-state index contributed by atoms with van der Waals surface area (Å²) in [5.74, 6) is -1.08. The lowest BCUT2D eigenvalue weighted by Crippen LogP contribution is -2.27. The Bertz CT molecular complexity index is 546. The third-order valence-electron chi connectivity index (χ3n) is 3.23. The highest BCUT2D eigenvalue weighted by Crippen LogP contribution is 2.26. The van der Waals surface area contributed by atoms with Crippen LogP contribution in [0.4, 0.5) is 8.78 Å². The molecule has 0 aliphatic carbocycles. The fourth-order valence-corrected chi connectivity index (χ4v) is 2.28. The molecule has 0 radical (unpaired) electrons. The molecule has 0 saturated heterocycles. The van der Waals surface area contributed by atoms with Crippen LogP contribution in [-0.4, -0.2) is 16.3 Å². The van der Waals surface area contributed by atoms with Crippen LogP contribution in [-0.2, 0) is 6.54 Å². The van der Waals surface area contributed by atoms with Crippen LogP contribution < -0.4 is 5.32 Å². The van der Waals surface area contributed by atoms with Gasteiger partial charge in [0.2, 0.25) is 0 Å². The SMILES string of the molecule is CCCNC(c1c(F)cccc1F)c1ccnn1CC. The molecule has 1 N–H and O–H groups in total. The summed E-state index contributed by atoms with van der Waals surface area (Å²) in [5.41, 5.74) is 0.820. The van der Waals surface area contributed by atoms with Crippen LogP contribution in [0.25, 0.3) is 0 Å². The van der Waals surface area contributed by atoms with E-state index in [1.54, 1.807) is 16.9 Å². The largest absolute Gasteiger partial charge is 0.305 e. The number of halogens is 2. The molecule has 2 aromatic rings. The van der Waals surface area contributed by atoms with Gasteiger partial charge in [0.1, 0.15) is 11.6 Å². The van der Waals surface area contributed by atoms with E-state index in [0.29, 0.717) is 13.1 Å². The Kier molecular flexibility index (Phi) is 4.84. The lowest BCUT2D eigenvalue weighted by atomic mass is 10.0. The second-order valence-corrected chi connectivity index (χ2v) is 4.59. The highest BCUT2D eigenvalue weighted by Gasteiger charge is 2.23. The quantitative estimate of drug-likeness (QED) is 0.879. The fraction of sp³-hybridized carbons (Fsp3) is 0.400. The molecule has 1 unspecified atom stereocenters. The number of nitrogens with one attached hydrogen (secondary N) is 1. The van der Waals surface area contributed by atoms with Crippen LogP contribution in [0.15, 0.2) is 30.5 Å². The molecule has 3 nitrogen and oxygen atoms in total. The van der Waals surface area contributed by atoms with Crippen molar-refractivity contribution in [2.24, 2.45) is 0 Å². The van der Waals surface area contributed by atoms with Crippen molar-refractivity contribution in [3.05, 3.63) is 53.4 Å². The number of aryl methyl sites for hydroxylation is 1. The molecule has 0 fully saturated rings. The van der Waals surface area contributed by atoms with Crippen LogP contribution in [0.5, 0.6) is 0 Å². The zero-order valence-corrected chi connectivity index (χ0v) is 11.7. The summed E-state index contributed by atoms with van der Waals surface area (Å²) in [5, 5.41) is 7.38. The zero-order chi connectivity index (χ0) is 14.5. The normalized spacial score (nSPS) is 12.6. The average molecular weight is 279 g/mol. The molecule has 2 rings (SSSR count). The Morgan fingerprint density at radius 2 is 1.90 bits per heavy atom. The van der Waals surface area contributed by atoms with Crippen molar-refractivity contribution in [2.45, 2.75) is 32.9 Å². The van der Waals surface area contributed by atoms with Gasteiger partial charge in [0.25, 0.3) is 0 Å². The zero-order valence-electron chi connectivity index (χ0n) is 11.7. The van der Waals surface area contributed by atoms with Crippen LogP contribution in [0.3, 0.4) is 0 Å². The average Bonchev–Trinajstić information content (AvgIpc) is 2.90. The van der Waals surface area contributed by atoms with Crippen LogP contribution in [0.1, 0.15) is 37.6 Å². The second-order valence-electron chi connectivity index (χ2n) is 4.59. The minimum absolute atomic E-state index is 0.0520. The summed E-state index contributed by atoms with van der Waals surface area (Å²) in [4.78, 5) is 0. The second kappa shape index (κ2) is 6.61. The van der Waals surface area contributed by atoms with Crippen LogP contribution in [0.2, 0.25) is 0 Å². The van der Waals surface area contributed by atoms with Crippen molar-refractivity contribution in [1.82, 2.24) is 15.1 Å². The molecule has 1 aromatic heterocycles. The number of hydrogen-bond donors (Lipinski definition) is 1. The van der Waals surface area contributed by atoms with Crippen molar-refractivity contribution in [1.29, 1.82) is 0 Å². The lowest BCUT2D eigenvalue weighted by Gasteiger charge is -2.21. The topological polar surface area (TPSA) is 29.9 Å². The highest BCUT2D eigenvalue weighted by molar-refractivity contribution is 5.30. The minimum Gasteiger partial charge on any atom is -0.305 e.